The van der Waals surface area contributed by atoms with E-state index in [1.54, 1.807) is 18.4 Å². The Morgan fingerprint density at radius 3 is 2.68 bits per heavy atom. The third kappa shape index (κ3) is 3.42. The predicted molar refractivity (Wildman–Crippen MR) is 126 cm³/mol. The van der Waals surface area contributed by atoms with Crippen molar-refractivity contribution in [2.24, 2.45) is 7.05 Å². The average molecular weight is 434 g/mol. The number of ether oxygens (including phenoxy) is 1. The normalized spacial score (nSPS) is 16.5. The lowest BCUT2D eigenvalue weighted by Crippen LogP contribution is -2.25. The lowest BCUT2D eigenvalue weighted by Gasteiger charge is -2.27. The van der Waals surface area contributed by atoms with Gasteiger partial charge in [0.2, 0.25) is 0 Å². The molecule has 6 nitrogen and oxygen atoms in total. The van der Waals surface area contributed by atoms with E-state index in [9.17, 15) is 0 Å². The Balaban J connectivity index is 1.71. The predicted octanol–water partition coefficient (Wildman–Crippen LogP) is 5.20. The number of nitrogens with zero attached hydrogens (tertiary/aromatic N) is 5. The molecule has 1 fully saturated rings. The number of thiophene rings is 1. The molecule has 7 heteroatoms. The van der Waals surface area contributed by atoms with E-state index in [4.69, 9.17) is 14.7 Å². The fourth-order valence-electron chi connectivity index (χ4n) is 4.79. The number of rotatable bonds is 5. The van der Waals surface area contributed by atoms with Gasteiger partial charge in [-0.05, 0) is 32.3 Å². The van der Waals surface area contributed by atoms with Crippen LogP contribution in [0.25, 0.3) is 21.3 Å². The molecule has 1 aromatic carbocycles. The third-order valence-electron chi connectivity index (χ3n) is 6.24. The zero-order valence-corrected chi connectivity index (χ0v) is 19.2. The second kappa shape index (κ2) is 8.05. The molecule has 0 N–H and O–H groups in total. The van der Waals surface area contributed by atoms with Crippen LogP contribution in [-0.2, 0) is 18.4 Å². The fraction of sp³-hybridized carbons (Fsp3) is 0.375. The summed E-state index contributed by atoms with van der Waals surface area (Å²) in [6.07, 6.45) is 2.23. The lowest BCUT2D eigenvalue weighted by molar-refractivity contribution is 0.178. The van der Waals surface area contributed by atoms with Crippen molar-refractivity contribution >= 4 is 27.4 Å². The van der Waals surface area contributed by atoms with E-state index >= 15 is 0 Å². The van der Waals surface area contributed by atoms with Crippen LogP contribution in [0.3, 0.4) is 0 Å². The van der Waals surface area contributed by atoms with Crippen LogP contribution in [0.2, 0.25) is 0 Å². The number of methoxy groups -OCH3 is 1. The molecule has 0 aliphatic carbocycles. The van der Waals surface area contributed by atoms with E-state index in [0.29, 0.717) is 6.61 Å². The van der Waals surface area contributed by atoms with Gasteiger partial charge in [-0.1, -0.05) is 30.3 Å². The topological polar surface area (TPSA) is 56.1 Å². The van der Waals surface area contributed by atoms with Crippen LogP contribution in [0.5, 0.6) is 0 Å². The molecule has 5 rings (SSSR count). The lowest BCUT2D eigenvalue weighted by atomic mass is 10.0. The van der Waals surface area contributed by atoms with Gasteiger partial charge in [0, 0.05) is 42.9 Å². The summed E-state index contributed by atoms with van der Waals surface area (Å²) in [6, 6.07) is 10.8. The number of aromatic nitrogens is 4. The van der Waals surface area contributed by atoms with Gasteiger partial charge in [0.1, 0.15) is 17.3 Å². The van der Waals surface area contributed by atoms with Gasteiger partial charge < -0.3 is 9.64 Å². The Morgan fingerprint density at radius 2 is 1.97 bits per heavy atom. The van der Waals surface area contributed by atoms with Gasteiger partial charge in [0.25, 0.3) is 0 Å². The van der Waals surface area contributed by atoms with Crippen molar-refractivity contribution in [2.45, 2.75) is 39.3 Å². The molecule has 1 aliphatic heterocycles. The van der Waals surface area contributed by atoms with Crippen LogP contribution in [0, 0.1) is 13.8 Å². The Labute approximate surface area is 186 Å². The second-order valence-corrected chi connectivity index (χ2v) is 9.01. The van der Waals surface area contributed by atoms with E-state index in [1.807, 2.05) is 11.7 Å². The summed E-state index contributed by atoms with van der Waals surface area (Å²) in [5, 5.41) is 8.04. The molecular formula is C24H27N5OS. The summed E-state index contributed by atoms with van der Waals surface area (Å²) in [7, 11) is 3.72. The van der Waals surface area contributed by atoms with E-state index in [2.05, 4.69) is 59.6 Å². The Hall–Kier alpha value is -2.77. The molecule has 0 bridgehead atoms. The highest BCUT2D eigenvalue weighted by Gasteiger charge is 2.33. The number of benzene rings is 1. The van der Waals surface area contributed by atoms with Gasteiger partial charge in [-0.25, -0.2) is 9.97 Å². The van der Waals surface area contributed by atoms with Gasteiger partial charge in [-0.2, -0.15) is 5.10 Å². The minimum atomic E-state index is 0.269. The van der Waals surface area contributed by atoms with E-state index in [0.717, 1.165) is 46.9 Å². The molecule has 0 saturated carbocycles. The molecule has 160 valence electrons. The smallest absolute Gasteiger partial charge is 0.158 e. The second-order valence-electron chi connectivity index (χ2n) is 8.15. The first-order valence-corrected chi connectivity index (χ1v) is 11.6. The van der Waals surface area contributed by atoms with Gasteiger partial charge in [-0.15, -0.1) is 11.3 Å². The zero-order chi connectivity index (χ0) is 21.5. The average Bonchev–Trinajstić information content (AvgIpc) is 3.46. The summed E-state index contributed by atoms with van der Waals surface area (Å²) in [5.74, 6) is 1.75. The Morgan fingerprint density at radius 1 is 1.16 bits per heavy atom. The monoisotopic (exact) mass is 433 g/mol. The standard InChI is InChI=1S/C24H27N5OS/c1-15-21(16(2)28(3)27-15)19-11-8-12-29(19)23-22-18(17-9-6-5-7-10-17)14-31-24(22)26-20(25-23)13-30-4/h5-7,9-10,14,19H,8,11-13H2,1-4H3. The van der Waals surface area contributed by atoms with Crippen molar-refractivity contribution in [1.82, 2.24) is 19.7 Å². The molecule has 3 aromatic heterocycles. The highest BCUT2D eigenvalue weighted by Crippen LogP contribution is 2.44. The maximum atomic E-state index is 5.39. The molecular weight excluding hydrogens is 406 g/mol. The summed E-state index contributed by atoms with van der Waals surface area (Å²) in [4.78, 5) is 13.3. The van der Waals surface area contributed by atoms with Crippen LogP contribution in [0.1, 0.15) is 41.7 Å². The van der Waals surface area contributed by atoms with Crippen molar-refractivity contribution in [3.05, 3.63) is 58.5 Å². The maximum Gasteiger partial charge on any atom is 0.158 e. The van der Waals surface area contributed by atoms with E-state index in [1.165, 1.54) is 22.4 Å². The van der Waals surface area contributed by atoms with E-state index < -0.39 is 0 Å². The van der Waals surface area contributed by atoms with Crippen LogP contribution < -0.4 is 4.90 Å². The summed E-state index contributed by atoms with van der Waals surface area (Å²) < 4.78 is 7.38. The van der Waals surface area contributed by atoms with Crippen LogP contribution in [-0.4, -0.2) is 33.4 Å². The third-order valence-corrected chi connectivity index (χ3v) is 7.11. The van der Waals surface area contributed by atoms with Gasteiger partial charge >= 0.3 is 0 Å². The molecule has 1 saturated heterocycles. The minimum Gasteiger partial charge on any atom is -0.377 e. The zero-order valence-electron chi connectivity index (χ0n) is 18.4. The first-order chi connectivity index (χ1) is 15.1. The highest BCUT2D eigenvalue weighted by atomic mass is 32.1. The summed E-state index contributed by atoms with van der Waals surface area (Å²) in [6.45, 7) is 5.66. The van der Waals surface area contributed by atoms with Crippen LogP contribution in [0.4, 0.5) is 5.82 Å². The number of anilines is 1. The molecule has 0 spiro atoms. The summed E-state index contributed by atoms with van der Waals surface area (Å²) >= 11 is 1.68. The molecule has 4 aromatic rings. The molecule has 31 heavy (non-hydrogen) atoms. The largest absolute Gasteiger partial charge is 0.377 e. The molecule has 1 unspecified atom stereocenters. The van der Waals surface area contributed by atoms with Crippen molar-refractivity contribution in [3.8, 4) is 11.1 Å². The van der Waals surface area contributed by atoms with Gasteiger partial charge in [0.15, 0.2) is 5.82 Å². The SMILES string of the molecule is COCc1nc(N2CCCC2c2c(C)nn(C)c2C)c2c(-c3ccccc3)csc2n1. The first-order valence-electron chi connectivity index (χ1n) is 10.7. The maximum absolute atomic E-state index is 5.39. The molecule has 0 amide bonds. The van der Waals surface area contributed by atoms with Crippen molar-refractivity contribution in [1.29, 1.82) is 0 Å². The minimum absolute atomic E-state index is 0.269. The Bertz CT molecular complexity index is 1230. The van der Waals surface area contributed by atoms with Crippen molar-refractivity contribution in [2.75, 3.05) is 18.6 Å². The van der Waals surface area contributed by atoms with Crippen molar-refractivity contribution < 1.29 is 4.74 Å². The van der Waals surface area contributed by atoms with Gasteiger partial charge in [-0.3, -0.25) is 4.68 Å². The number of hydrogen-bond donors (Lipinski definition) is 0. The molecule has 1 atom stereocenters. The molecule has 0 radical (unpaired) electrons. The number of aryl methyl sites for hydroxylation is 2. The first kappa shape index (κ1) is 20.2. The Kier molecular flexibility index (Phi) is 5.24. The fourth-order valence-corrected chi connectivity index (χ4v) is 5.75. The molecule has 4 heterocycles. The van der Waals surface area contributed by atoms with Crippen LogP contribution in [0.15, 0.2) is 35.7 Å². The summed E-state index contributed by atoms with van der Waals surface area (Å²) in [5.41, 5.74) is 6.06. The van der Waals surface area contributed by atoms with Crippen LogP contribution >= 0.6 is 11.3 Å². The van der Waals surface area contributed by atoms with Gasteiger partial charge in [0.05, 0.1) is 17.1 Å². The number of fused-ring (bicyclic) bond motifs is 1. The highest BCUT2D eigenvalue weighted by molar-refractivity contribution is 7.17. The molecule has 1 aliphatic rings. The quantitative estimate of drug-likeness (QED) is 0.433. The van der Waals surface area contributed by atoms with E-state index in [-0.39, 0.29) is 6.04 Å². The van der Waals surface area contributed by atoms with Crippen molar-refractivity contribution in [3.63, 3.8) is 0 Å². The number of hydrogen-bond acceptors (Lipinski definition) is 6.